The van der Waals surface area contributed by atoms with Gasteiger partial charge in [0.1, 0.15) is 11.5 Å². The Labute approximate surface area is 146 Å². The lowest BCUT2D eigenvalue weighted by molar-refractivity contribution is -0.114. The van der Waals surface area contributed by atoms with Gasteiger partial charge in [-0.3, -0.25) is 9.59 Å². The number of benzene rings is 2. The molecule has 2 aromatic carbocycles. The van der Waals surface area contributed by atoms with Gasteiger partial charge in [0.2, 0.25) is 11.8 Å². The van der Waals surface area contributed by atoms with Crippen LogP contribution in [0.1, 0.15) is 12.5 Å². The van der Waals surface area contributed by atoms with Gasteiger partial charge in [-0.15, -0.1) is 0 Å². The van der Waals surface area contributed by atoms with Crippen LogP contribution in [0.25, 0.3) is 6.08 Å². The number of methoxy groups -OCH3 is 2. The monoisotopic (exact) mass is 340 g/mol. The molecule has 0 spiro atoms. The summed E-state index contributed by atoms with van der Waals surface area (Å²) < 4.78 is 10.3. The Hall–Kier alpha value is -3.28. The Balaban J connectivity index is 2.15. The minimum Gasteiger partial charge on any atom is -0.497 e. The van der Waals surface area contributed by atoms with Crippen molar-refractivity contribution >= 4 is 29.3 Å². The van der Waals surface area contributed by atoms with Gasteiger partial charge in [0.15, 0.2) is 0 Å². The van der Waals surface area contributed by atoms with Gasteiger partial charge in [-0.1, -0.05) is 12.1 Å². The van der Waals surface area contributed by atoms with E-state index in [4.69, 9.17) is 9.47 Å². The molecular formula is C19H20N2O4. The quantitative estimate of drug-likeness (QED) is 0.791. The second-order valence-electron chi connectivity index (χ2n) is 5.19. The van der Waals surface area contributed by atoms with Gasteiger partial charge in [-0.25, -0.2) is 0 Å². The van der Waals surface area contributed by atoms with Crippen molar-refractivity contribution in [2.75, 3.05) is 24.9 Å². The number of nitrogens with one attached hydrogen (secondary N) is 2. The Morgan fingerprint density at radius 1 is 0.920 bits per heavy atom. The van der Waals surface area contributed by atoms with E-state index >= 15 is 0 Å². The molecule has 0 fully saturated rings. The highest BCUT2D eigenvalue weighted by molar-refractivity contribution is 6.05. The third kappa shape index (κ3) is 5.39. The number of hydrogen-bond acceptors (Lipinski definition) is 4. The van der Waals surface area contributed by atoms with E-state index in [-0.39, 0.29) is 11.8 Å². The van der Waals surface area contributed by atoms with Gasteiger partial charge in [-0.05, 0) is 35.9 Å². The molecule has 0 saturated heterocycles. The third-order valence-electron chi connectivity index (χ3n) is 3.32. The molecule has 0 atom stereocenters. The fraction of sp³-hybridized carbons (Fsp3) is 0.158. The third-order valence-corrected chi connectivity index (χ3v) is 3.32. The van der Waals surface area contributed by atoms with Crippen molar-refractivity contribution in [1.82, 2.24) is 0 Å². The Morgan fingerprint density at radius 2 is 1.64 bits per heavy atom. The summed E-state index contributed by atoms with van der Waals surface area (Å²) in [5, 5.41) is 5.41. The molecule has 6 heteroatoms. The largest absolute Gasteiger partial charge is 0.497 e. The van der Waals surface area contributed by atoms with Gasteiger partial charge >= 0.3 is 0 Å². The molecule has 6 nitrogen and oxygen atoms in total. The van der Waals surface area contributed by atoms with Crippen molar-refractivity contribution in [2.45, 2.75) is 6.92 Å². The minimum absolute atomic E-state index is 0.229. The van der Waals surface area contributed by atoms with Crippen LogP contribution in [0.15, 0.2) is 48.5 Å². The number of amides is 2. The average Bonchev–Trinajstić information content (AvgIpc) is 2.61. The first kappa shape index (κ1) is 18.1. The van der Waals surface area contributed by atoms with E-state index in [2.05, 4.69) is 10.6 Å². The minimum atomic E-state index is -0.331. The molecular weight excluding hydrogens is 320 g/mol. The fourth-order valence-corrected chi connectivity index (χ4v) is 2.14. The van der Waals surface area contributed by atoms with Crippen LogP contribution in [0, 0.1) is 0 Å². The summed E-state index contributed by atoms with van der Waals surface area (Å²) in [4.78, 5) is 23.5. The lowest BCUT2D eigenvalue weighted by Gasteiger charge is -2.12. The van der Waals surface area contributed by atoms with E-state index in [1.807, 2.05) is 24.3 Å². The van der Waals surface area contributed by atoms with Gasteiger partial charge in [0.25, 0.3) is 0 Å². The molecule has 2 amide bonds. The lowest BCUT2D eigenvalue weighted by Crippen LogP contribution is -2.13. The summed E-state index contributed by atoms with van der Waals surface area (Å²) in [5.41, 5.74) is 1.79. The van der Waals surface area contributed by atoms with Crippen LogP contribution in [-0.2, 0) is 9.59 Å². The van der Waals surface area contributed by atoms with Crippen LogP contribution >= 0.6 is 0 Å². The number of hydrogen-bond donors (Lipinski definition) is 2. The second kappa shape index (κ2) is 8.54. The van der Waals surface area contributed by atoms with Crippen LogP contribution in [0.4, 0.5) is 11.4 Å². The normalized spacial score (nSPS) is 10.4. The predicted octanol–water partition coefficient (Wildman–Crippen LogP) is 3.31. The van der Waals surface area contributed by atoms with Gasteiger partial charge in [0.05, 0.1) is 25.6 Å². The van der Waals surface area contributed by atoms with E-state index < -0.39 is 0 Å². The van der Waals surface area contributed by atoms with E-state index in [1.54, 1.807) is 31.4 Å². The number of carbonyl (C=O) groups is 2. The van der Waals surface area contributed by atoms with Crippen LogP contribution in [-0.4, -0.2) is 26.0 Å². The molecule has 0 heterocycles. The van der Waals surface area contributed by atoms with E-state index in [1.165, 1.54) is 20.1 Å². The average molecular weight is 340 g/mol. The molecule has 0 aliphatic rings. The lowest BCUT2D eigenvalue weighted by atomic mass is 10.2. The molecule has 130 valence electrons. The highest BCUT2D eigenvalue weighted by atomic mass is 16.5. The predicted molar refractivity (Wildman–Crippen MR) is 98.0 cm³/mol. The van der Waals surface area contributed by atoms with E-state index in [0.717, 1.165) is 5.56 Å². The highest BCUT2D eigenvalue weighted by Crippen LogP contribution is 2.27. The maximum Gasteiger partial charge on any atom is 0.248 e. The molecule has 2 N–H and O–H groups in total. The Bertz CT molecular complexity index is 800. The van der Waals surface area contributed by atoms with Crippen molar-refractivity contribution in [3.05, 3.63) is 54.1 Å². The summed E-state index contributed by atoms with van der Waals surface area (Å²) in [5.74, 6) is 0.722. The van der Waals surface area contributed by atoms with Crippen LogP contribution in [0.5, 0.6) is 11.5 Å². The Kier molecular flexibility index (Phi) is 6.17. The summed E-state index contributed by atoms with van der Waals surface area (Å²) in [6.45, 7) is 1.40. The molecule has 0 unspecified atom stereocenters. The zero-order valence-electron chi connectivity index (χ0n) is 14.3. The first-order valence-corrected chi connectivity index (χ1v) is 7.60. The molecule has 0 radical (unpaired) electrons. The van der Waals surface area contributed by atoms with Gasteiger partial charge < -0.3 is 20.1 Å². The zero-order valence-corrected chi connectivity index (χ0v) is 14.3. The van der Waals surface area contributed by atoms with Crippen LogP contribution in [0.2, 0.25) is 0 Å². The van der Waals surface area contributed by atoms with Gasteiger partial charge in [-0.2, -0.15) is 0 Å². The zero-order chi connectivity index (χ0) is 18.2. The summed E-state index contributed by atoms with van der Waals surface area (Å²) >= 11 is 0. The number of carbonyl (C=O) groups excluding carboxylic acids is 2. The van der Waals surface area contributed by atoms with Crippen molar-refractivity contribution in [2.24, 2.45) is 0 Å². The number of rotatable bonds is 6. The molecule has 0 aliphatic heterocycles. The van der Waals surface area contributed by atoms with Crippen LogP contribution < -0.4 is 20.1 Å². The topological polar surface area (TPSA) is 76.7 Å². The van der Waals surface area contributed by atoms with Crippen molar-refractivity contribution in [3.8, 4) is 11.5 Å². The maximum atomic E-state index is 12.2. The standard InChI is InChI=1S/C19H20N2O4/c1-13(22)20-17-9-8-16(25-3)12-18(17)21-19(23)10-7-14-5-4-6-15(11-14)24-2/h4-12H,1-3H3,(H,20,22)(H,21,23)/b10-7+. The SMILES string of the molecule is COc1cccc(/C=C/C(=O)Nc2cc(OC)ccc2NC(C)=O)c1. The molecule has 0 aromatic heterocycles. The smallest absolute Gasteiger partial charge is 0.248 e. The van der Waals surface area contributed by atoms with Crippen LogP contribution in [0.3, 0.4) is 0 Å². The number of anilines is 2. The van der Waals surface area contributed by atoms with Crippen molar-refractivity contribution < 1.29 is 19.1 Å². The molecule has 0 aliphatic carbocycles. The van der Waals surface area contributed by atoms with E-state index in [9.17, 15) is 9.59 Å². The Morgan fingerprint density at radius 3 is 2.32 bits per heavy atom. The first-order valence-electron chi connectivity index (χ1n) is 7.60. The van der Waals surface area contributed by atoms with Gasteiger partial charge in [0, 0.05) is 19.1 Å². The number of ether oxygens (including phenoxy) is 2. The second-order valence-corrected chi connectivity index (χ2v) is 5.19. The summed E-state index contributed by atoms with van der Waals surface area (Å²) in [6.07, 6.45) is 3.09. The van der Waals surface area contributed by atoms with E-state index in [0.29, 0.717) is 22.9 Å². The molecule has 25 heavy (non-hydrogen) atoms. The van der Waals surface area contributed by atoms with Crippen molar-refractivity contribution in [3.63, 3.8) is 0 Å². The fourth-order valence-electron chi connectivity index (χ4n) is 2.14. The van der Waals surface area contributed by atoms with Crippen molar-refractivity contribution in [1.29, 1.82) is 0 Å². The highest BCUT2D eigenvalue weighted by Gasteiger charge is 2.08. The maximum absolute atomic E-state index is 12.2. The first-order chi connectivity index (χ1) is 12.0. The molecule has 2 rings (SSSR count). The summed E-state index contributed by atoms with van der Waals surface area (Å²) in [7, 11) is 3.11. The molecule has 0 saturated carbocycles. The molecule has 0 bridgehead atoms. The molecule has 2 aromatic rings. The summed E-state index contributed by atoms with van der Waals surface area (Å²) in [6, 6.07) is 12.4.